The maximum atomic E-state index is 12.5. The number of carboxylic acids is 1. The lowest BCUT2D eigenvalue weighted by atomic mass is 10.1. The lowest BCUT2D eigenvalue weighted by Gasteiger charge is -2.02. The SMILES string of the molecule is Nc1cc(F)cc(C(=O)O)c1O. The summed E-state index contributed by atoms with van der Waals surface area (Å²) in [7, 11) is 0. The van der Waals surface area contributed by atoms with Crippen LogP contribution in [0.3, 0.4) is 0 Å². The molecular formula is C7H6FNO3. The minimum absolute atomic E-state index is 0.285. The highest BCUT2D eigenvalue weighted by atomic mass is 19.1. The average molecular weight is 171 g/mol. The molecule has 0 unspecified atom stereocenters. The van der Waals surface area contributed by atoms with Crippen molar-refractivity contribution in [2.24, 2.45) is 0 Å². The number of nitrogens with two attached hydrogens (primary N) is 1. The van der Waals surface area contributed by atoms with Gasteiger partial charge in [0.2, 0.25) is 0 Å². The smallest absolute Gasteiger partial charge is 0.339 e. The Hall–Kier alpha value is -1.78. The van der Waals surface area contributed by atoms with E-state index in [9.17, 15) is 9.18 Å². The van der Waals surface area contributed by atoms with Gasteiger partial charge in [-0.05, 0) is 6.07 Å². The molecule has 0 bridgehead atoms. The molecule has 0 aliphatic rings. The minimum atomic E-state index is -1.42. The zero-order valence-electron chi connectivity index (χ0n) is 5.91. The third-order valence-electron chi connectivity index (χ3n) is 1.33. The molecule has 12 heavy (non-hydrogen) atoms. The molecule has 0 aromatic heterocycles. The van der Waals surface area contributed by atoms with E-state index in [-0.39, 0.29) is 5.69 Å². The van der Waals surface area contributed by atoms with Crippen LogP contribution >= 0.6 is 0 Å². The van der Waals surface area contributed by atoms with Crippen LogP contribution in [-0.4, -0.2) is 16.2 Å². The van der Waals surface area contributed by atoms with Crippen LogP contribution in [0.2, 0.25) is 0 Å². The molecule has 0 heterocycles. The molecule has 4 N–H and O–H groups in total. The van der Waals surface area contributed by atoms with E-state index < -0.39 is 23.1 Å². The molecular weight excluding hydrogens is 165 g/mol. The van der Waals surface area contributed by atoms with E-state index in [0.717, 1.165) is 6.07 Å². The van der Waals surface area contributed by atoms with E-state index in [1.807, 2.05) is 0 Å². The Morgan fingerprint density at radius 1 is 1.50 bits per heavy atom. The van der Waals surface area contributed by atoms with Crippen molar-refractivity contribution in [3.63, 3.8) is 0 Å². The van der Waals surface area contributed by atoms with Crippen LogP contribution in [0, 0.1) is 5.82 Å². The summed E-state index contributed by atoms with van der Waals surface area (Å²) in [5.74, 6) is -2.81. The molecule has 1 rings (SSSR count). The predicted molar refractivity (Wildman–Crippen MR) is 39.4 cm³/mol. The van der Waals surface area contributed by atoms with E-state index in [2.05, 4.69) is 0 Å². The highest BCUT2D eigenvalue weighted by Gasteiger charge is 2.13. The second kappa shape index (κ2) is 2.69. The van der Waals surface area contributed by atoms with Gasteiger partial charge in [-0.1, -0.05) is 0 Å². The molecule has 1 aromatic rings. The van der Waals surface area contributed by atoms with E-state index >= 15 is 0 Å². The van der Waals surface area contributed by atoms with Gasteiger partial charge in [-0.3, -0.25) is 0 Å². The number of rotatable bonds is 1. The first-order valence-corrected chi connectivity index (χ1v) is 3.03. The minimum Gasteiger partial charge on any atom is -0.505 e. The second-order valence-corrected chi connectivity index (χ2v) is 2.20. The van der Waals surface area contributed by atoms with Crippen molar-refractivity contribution in [2.75, 3.05) is 5.73 Å². The zero-order chi connectivity index (χ0) is 9.30. The molecule has 0 aliphatic heterocycles. The fourth-order valence-electron chi connectivity index (χ4n) is 0.783. The number of halogens is 1. The molecule has 0 saturated carbocycles. The van der Waals surface area contributed by atoms with E-state index in [1.54, 1.807) is 0 Å². The highest BCUT2D eigenvalue weighted by molar-refractivity contribution is 5.92. The third-order valence-corrected chi connectivity index (χ3v) is 1.33. The quantitative estimate of drug-likeness (QED) is 0.431. The van der Waals surface area contributed by atoms with Gasteiger partial charge in [-0.2, -0.15) is 0 Å². The van der Waals surface area contributed by atoms with Gasteiger partial charge < -0.3 is 15.9 Å². The van der Waals surface area contributed by atoms with Crippen molar-refractivity contribution in [1.29, 1.82) is 0 Å². The number of carboxylic acid groups (broad SMARTS) is 1. The normalized spacial score (nSPS) is 9.75. The fourth-order valence-corrected chi connectivity index (χ4v) is 0.783. The van der Waals surface area contributed by atoms with Crippen molar-refractivity contribution in [2.45, 2.75) is 0 Å². The molecule has 0 spiro atoms. The summed E-state index contributed by atoms with van der Waals surface area (Å²) >= 11 is 0. The van der Waals surface area contributed by atoms with Crippen LogP contribution in [0.5, 0.6) is 5.75 Å². The maximum Gasteiger partial charge on any atom is 0.339 e. The second-order valence-electron chi connectivity index (χ2n) is 2.20. The Labute approximate surface area is 67.1 Å². The highest BCUT2D eigenvalue weighted by Crippen LogP contribution is 2.25. The first kappa shape index (κ1) is 8.32. The predicted octanol–water partition coefficient (Wildman–Crippen LogP) is 0.812. The van der Waals surface area contributed by atoms with Crippen molar-refractivity contribution >= 4 is 11.7 Å². The van der Waals surface area contributed by atoms with Crippen LogP contribution in [0.1, 0.15) is 10.4 Å². The van der Waals surface area contributed by atoms with E-state index in [1.165, 1.54) is 0 Å². The number of anilines is 1. The number of aromatic carboxylic acids is 1. The van der Waals surface area contributed by atoms with Crippen LogP contribution < -0.4 is 5.73 Å². The molecule has 4 nitrogen and oxygen atoms in total. The Morgan fingerprint density at radius 2 is 2.08 bits per heavy atom. The number of carbonyl (C=O) groups is 1. The van der Waals surface area contributed by atoms with Gasteiger partial charge >= 0.3 is 5.97 Å². The summed E-state index contributed by atoms with van der Waals surface area (Å²) in [6.07, 6.45) is 0. The number of nitrogen functional groups attached to an aromatic ring is 1. The Bertz CT molecular complexity index is 338. The number of hydrogen-bond donors (Lipinski definition) is 3. The first-order valence-electron chi connectivity index (χ1n) is 3.03. The largest absolute Gasteiger partial charge is 0.505 e. The molecule has 0 radical (unpaired) electrons. The molecule has 1 aromatic carbocycles. The molecule has 0 aliphatic carbocycles. The standard InChI is InChI=1S/C7H6FNO3/c8-3-1-4(7(11)12)6(10)5(9)2-3/h1-2,10H,9H2,(H,11,12). The van der Waals surface area contributed by atoms with Crippen LogP contribution in [-0.2, 0) is 0 Å². The number of aromatic hydroxyl groups is 1. The first-order chi connectivity index (χ1) is 5.52. The average Bonchev–Trinajstić information content (AvgIpc) is 1.96. The van der Waals surface area contributed by atoms with Crippen LogP contribution in [0.15, 0.2) is 12.1 Å². The molecule has 0 amide bonds. The van der Waals surface area contributed by atoms with E-state index in [0.29, 0.717) is 6.07 Å². The molecule has 5 heteroatoms. The monoisotopic (exact) mass is 171 g/mol. The number of hydrogen-bond acceptors (Lipinski definition) is 3. The Balaban J connectivity index is 3.37. The summed E-state index contributed by atoms with van der Waals surface area (Å²) in [5, 5.41) is 17.5. The lowest BCUT2D eigenvalue weighted by molar-refractivity contribution is 0.0693. The topological polar surface area (TPSA) is 83.6 Å². The Kier molecular flexibility index (Phi) is 1.86. The van der Waals surface area contributed by atoms with Gasteiger partial charge in [0, 0.05) is 6.07 Å². The summed E-state index contributed by atoms with van der Waals surface area (Å²) in [6, 6.07) is 1.55. The van der Waals surface area contributed by atoms with Gasteiger partial charge in [0.05, 0.1) is 5.69 Å². The summed E-state index contributed by atoms with van der Waals surface area (Å²) < 4.78 is 12.5. The van der Waals surface area contributed by atoms with Gasteiger partial charge in [0.1, 0.15) is 11.4 Å². The molecule has 0 fully saturated rings. The number of phenols is 1. The summed E-state index contributed by atoms with van der Waals surface area (Å²) in [5.41, 5.74) is 4.29. The van der Waals surface area contributed by atoms with Crippen LogP contribution in [0.25, 0.3) is 0 Å². The third kappa shape index (κ3) is 1.29. The van der Waals surface area contributed by atoms with E-state index in [4.69, 9.17) is 15.9 Å². The van der Waals surface area contributed by atoms with Gasteiger partial charge in [0.25, 0.3) is 0 Å². The summed E-state index contributed by atoms with van der Waals surface area (Å²) in [4.78, 5) is 10.3. The zero-order valence-corrected chi connectivity index (χ0v) is 5.91. The van der Waals surface area contributed by atoms with Gasteiger partial charge in [-0.25, -0.2) is 9.18 Å². The molecule has 0 atom stereocenters. The lowest BCUT2D eigenvalue weighted by Crippen LogP contribution is -2.00. The van der Waals surface area contributed by atoms with Gasteiger partial charge in [0.15, 0.2) is 5.75 Å². The van der Waals surface area contributed by atoms with Crippen molar-refractivity contribution in [3.05, 3.63) is 23.5 Å². The number of benzene rings is 1. The molecule has 0 saturated heterocycles. The van der Waals surface area contributed by atoms with Crippen molar-refractivity contribution < 1.29 is 19.4 Å². The Morgan fingerprint density at radius 3 is 2.58 bits per heavy atom. The van der Waals surface area contributed by atoms with Gasteiger partial charge in [-0.15, -0.1) is 0 Å². The van der Waals surface area contributed by atoms with Crippen molar-refractivity contribution in [3.8, 4) is 5.75 Å². The summed E-state index contributed by atoms with van der Waals surface area (Å²) in [6.45, 7) is 0. The van der Waals surface area contributed by atoms with Crippen LogP contribution in [0.4, 0.5) is 10.1 Å². The van der Waals surface area contributed by atoms with Crippen molar-refractivity contribution in [1.82, 2.24) is 0 Å². The fraction of sp³-hybridized carbons (Fsp3) is 0. The molecule has 64 valence electrons. The maximum absolute atomic E-state index is 12.5.